The number of benzene rings is 2. The summed E-state index contributed by atoms with van der Waals surface area (Å²) in [5.41, 5.74) is 2.23. The van der Waals surface area contributed by atoms with E-state index in [4.69, 9.17) is 32.7 Å². The van der Waals surface area contributed by atoms with Crippen LogP contribution in [0.3, 0.4) is 0 Å². The van der Waals surface area contributed by atoms with Gasteiger partial charge in [0.25, 0.3) is 0 Å². The van der Waals surface area contributed by atoms with E-state index in [1.807, 2.05) is 36.5 Å². The largest absolute Gasteiger partial charge is 0.494 e. The van der Waals surface area contributed by atoms with E-state index >= 15 is 0 Å². The van der Waals surface area contributed by atoms with E-state index in [1.165, 1.54) is 19.3 Å². The number of likely N-dealkylation sites (tertiary alicyclic amines) is 1. The number of hydrogen-bond donors (Lipinski definition) is 1. The molecule has 2 heterocycles. The minimum Gasteiger partial charge on any atom is -0.494 e. The van der Waals surface area contributed by atoms with Crippen molar-refractivity contribution in [3.8, 4) is 34.2 Å². The highest BCUT2D eigenvalue weighted by atomic mass is 35.5. The molecule has 31 heavy (non-hydrogen) atoms. The molecule has 4 rings (SSSR count). The Hall–Kier alpha value is -2.34. The first-order chi connectivity index (χ1) is 15.1. The van der Waals surface area contributed by atoms with Gasteiger partial charge in [0.1, 0.15) is 6.61 Å². The molecule has 1 fully saturated rings. The molecule has 164 valence electrons. The first kappa shape index (κ1) is 21.9. The average molecular weight is 461 g/mol. The van der Waals surface area contributed by atoms with Crippen molar-refractivity contribution >= 4 is 23.2 Å². The lowest BCUT2D eigenvalue weighted by Gasteiger charge is -2.26. The van der Waals surface area contributed by atoms with Crippen molar-refractivity contribution in [3.05, 3.63) is 58.7 Å². The van der Waals surface area contributed by atoms with Crippen LogP contribution < -0.4 is 9.47 Å². The average Bonchev–Trinajstić information content (AvgIpc) is 3.17. The molecule has 1 saturated heterocycles. The second-order valence-electron chi connectivity index (χ2n) is 7.64. The van der Waals surface area contributed by atoms with E-state index < -0.39 is 0 Å². The minimum absolute atomic E-state index is 0.114. The van der Waals surface area contributed by atoms with Gasteiger partial charge in [0.05, 0.1) is 22.8 Å². The molecule has 0 radical (unpaired) electrons. The van der Waals surface area contributed by atoms with Crippen molar-refractivity contribution in [2.24, 2.45) is 0 Å². The molecular formula is C24H26Cl2N2O3. The van der Waals surface area contributed by atoms with Gasteiger partial charge in [0.15, 0.2) is 11.5 Å². The zero-order chi connectivity index (χ0) is 21.8. The van der Waals surface area contributed by atoms with Gasteiger partial charge in [-0.2, -0.15) is 0 Å². The third kappa shape index (κ3) is 4.95. The minimum atomic E-state index is 0.114. The Balaban J connectivity index is 1.54. The van der Waals surface area contributed by atoms with E-state index in [1.54, 1.807) is 23.8 Å². The van der Waals surface area contributed by atoms with Gasteiger partial charge >= 0.3 is 0 Å². The molecule has 3 aromatic rings. The Morgan fingerprint density at radius 1 is 0.935 bits per heavy atom. The van der Waals surface area contributed by atoms with Crippen molar-refractivity contribution < 1.29 is 14.6 Å². The van der Waals surface area contributed by atoms with Crippen LogP contribution in [-0.2, 0) is 0 Å². The molecule has 0 amide bonds. The second kappa shape index (κ2) is 9.86. The van der Waals surface area contributed by atoms with Crippen LogP contribution in [0, 0.1) is 0 Å². The quantitative estimate of drug-likeness (QED) is 0.467. The van der Waals surface area contributed by atoms with Crippen LogP contribution in [0.5, 0.6) is 17.4 Å². The maximum Gasteiger partial charge on any atom is 0.203 e. The third-order valence-electron chi connectivity index (χ3n) is 5.63. The zero-order valence-electron chi connectivity index (χ0n) is 17.5. The molecule has 0 atom stereocenters. The SMILES string of the molecule is COc1ccc(-n2ccc(-c3ccc(Cl)c(Cl)c3)c2O)cc1OCCN1CCCCC1. The summed E-state index contributed by atoms with van der Waals surface area (Å²) in [5, 5.41) is 11.8. The summed E-state index contributed by atoms with van der Waals surface area (Å²) < 4.78 is 13.2. The van der Waals surface area contributed by atoms with E-state index in [0.29, 0.717) is 33.7 Å². The van der Waals surface area contributed by atoms with Crippen LogP contribution in [0.2, 0.25) is 10.0 Å². The number of nitrogens with zero attached hydrogens (tertiary/aromatic N) is 2. The van der Waals surface area contributed by atoms with Crippen LogP contribution in [0.1, 0.15) is 19.3 Å². The predicted octanol–water partition coefficient (Wildman–Crippen LogP) is 6.03. The molecule has 1 aliphatic heterocycles. The lowest BCUT2D eigenvalue weighted by Crippen LogP contribution is -2.33. The summed E-state index contributed by atoms with van der Waals surface area (Å²) >= 11 is 12.2. The first-order valence-corrected chi connectivity index (χ1v) is 11.2. The van der Waals surface area contributed by atoms with Gasteiger partial charge in [0, 0.05) is 24.4 Å². The van der Waals surface area contributed by atoms with Crippen LogP contribution in [-0.4, -0.2) is 47.9 Å². The van der Waals surface area contributed by atoms with Gasteiger partial charge in [0.2, 0.25) is 5.88 Å². The number of halogens is 2. The summed E-state index contributed by atoms with van der Waals surface area (Å²) in [4.78, 5) is 2.43. The molecule has 7 heteroatoms. The highest BCUT2D eigenvalue weighted by molar-refractivity contribution is 6.42. The standard InChI is InChI=1S/C24H26Cl2N2O3/c1-30-22-8-6-18(16-23(22)31-14-13-27-10-3-2-4-11-27)28-12-9-19(24(28)29)17-5-7-20(25)21(26)15-17/h5-9,12,15-16,29H,2-4,10-11,13-14H2,1H3. The number of aromatic nitrogens is 1. The van der Waals surface area contributed by atoms with Crippen molar-refractivity contribution in [2.45, 2.75) is 19.3 Å². The van der Waals surface area contributed by atoms with Crippen LogP contribution in [0.15, 0.2) is 48.7 Å². The molecule has 1 aliphatic rings. The topological polar surface area (TPSA) is 46.9 Å². The maximum absolute atomic E-state index is 10.9. The predicted molar refractivity (Wildman–Crippen MR) is 125 cm³/mol. The molecule has 0 spiro atoms. The Morgan fingerprint density at radius 3 is 2.48 bits per heavy atom. The number of hydrogen-bond acceptors (Lipinski definition) is 4. The Bertz CT molecular complexity index is 1050. The normalized spacial score (nSPS) is 14.5. The zero-order valence-corrected chi connectivity index (χ0v) is 19.0. The summed E-state index contributed by atoms with van der Waals surface area (Å²) in [6.07, 6.45) is 5.64. The highest BCUT2D eigenvalue weighted by Crippen LogP contribution is 2.37. The van der Waals surface area contributed by atoms with Crippen LogP contribution in [0.4, 0.5) is 0 Å². The fraction of sp³-hybridized carbons (Fsp3) is 0.333. The van der Waals surface area contributed by atoms with Gasteiger partial charge in [-0.25, -0.2) is 0 Å². The number of ether oxygens (including phenoxy) is 2. The molecular weight excluding hydrogens is 435 g/mol. The molecule has 0 saturated carbocycles. The van der Waals surface area contributed by atoms with E-state index in [2.05, 4.69) is 4.90 Å². The monoisotopic (exact) mass is 460 g/mol. The Kier molecular flexibility index (Phi) is 6.96. The van der Waals surface area contributed by atoms with Crippen LogP contribution >= 0.6 is 23.2 Å². The molecule has 2 aromatic carbocycles. The van der Waals surface area contributed by atoms with E-state index in [9.17, 15) is 5.11 Å². The number of methoxy groups -OCH3 is 1. The molecule has 0 bridgehead atoms. The fourth-order valence-corrected chi connectivity index (χ4v) is 4.22. The van der Waals surface area contributed by atoms with Gasteiger partial charge < -0.3 is 14.6 Å². The molecule has 0 aliphatic carbocycles. The van der Waals surface area contributed by atoms with Crippen molar-refractivity contribution in [1.29, 1.82) is 0 Å². The number of aromatic hydroxyl groups is 1. The second-order valence-corrected chi connectivity index (χ2v) is 8.45. The number of piperidine rings is 1. The van der Waals surface area contributed by atoms with Gasteiger partial charge in [-0.15, -0.1) is 0 Å². The first-order valence-electron chi connectivity index (χ1n) is 10.5. The fourth-order valence-electron chi connectivity index (χ4n) is 3.92. The lowest BCUT2D eigenvalue weighted by atomic mass is 10.1. The number of rotatable bonds is 7. The van der Waals surface area contributed by atoms with Crippen molar-refractivity contribution in [3.63, 3.8) is 0 Å². The Morgan fingerprint density at radius 2 is 1.74 bits per heavy atom. The highest BCUT2D eigenvalue weighted by Gasteiger charge is 2.15. The van der Waals surface area contributed by atoms with Gasteiger partial charge in [-0.3, -0.25) is 9.47 Å². The lowest BCUT2D eigenvalue weighted by molar-refractivity contribution is 0.180. The molecule has 0 unspecified atom stereocenters. The summed E-state index contributed by atoms with van der Waals surface area (Å²) in [6, 6.07) is 12.8. The summed E-state index contributed by atoms with van der Waals surface area (Å²) in [5.74, 6) is 1.43. The van der Waals surface area contributed by atoms with E-state index in [0.717, 1.165) is 30.9 Å². The van der Waals surface area contributed by atoms with E-state index in [-0.39, 0.29) is 5.88 Å². The van der Waals surface area contributed by atoms with Gasteiger partial charge in [-0.1, -0.05) is 35.7 Å². The van der Waals surface area contributed by atoms with Crippen molar-refractivity contribution in [2.75, 3.05) is 33.4 Å². The van der Waals surface area contributed by atoms with Crippen LogP contribution in [0.25, 0.3) is 16.8 Å². The maximum atomic E-state index is 10.9. The van der Waals surface area contributed by atoms with Gasteiger partial charge in [-0.05, 0) is 61.8 Å². The Labute approximate surface area is 192 Å². The molecule has 1 N–H and O–H groups in total. The summed E-state index contributed by atoms with van der Waals surface area (Å²) in [6.45, 7) is 3.75. The molecule has 1 aromatic heterocycles. The summed E-state index contributed by atoms with van der Waals surface area (Å²) in [7, 11) is 1.63. The smallest absolute Gasteiger partial charge is 0.203 e. The molecule has 5 nitrogen and oxygen atoms in total. The van der Waals surface area contributed by atoms with Crippen molar-refractivity contribution in [1.82, 2.24) is 9.47 Å². The third-order valence-corrected chi connectivity index (χ3v) is 6.37.